The molecule has 0 fully saturated rings. The lowest BCUT2D eigenvalue weighted by atomic mass is 10.1. The van der Waals surface area contributed by atoms with Crippen LogP contribution in [0.15, 0.2) is 48.6 Å². The molecule has 55 heavy (non-hydrogen) atoms. The van der Waals surface area contributed by atoms with Crippen molar-refractivity contribution in [2.24, 2.45) is 0 Å². The summed E-state index contributed by atoms with van der Waals surface area (Å²) in [6.07, 6.45) is 51.0. The van der Waals surface area contributed by atoms with Crippen LogP contribution in [0.3, 0.4) is 0 Å². The molecule has 0 aliphatic rings. The summed E-state index contributed by atoms with van der Waals surface area (Å²) in [5.41, 5.74) is 0. The second-order valence-corrected chi connectivity index (χ2v) is 15.3. The van der Waals surface area contributed by atoms with Crippen LogP contribution < -0.4 is 0 Å². The van der Waals surface area contributed by atoms with Crippen LogP contribution in [0.4, 0.5) is 0 Å². The lowest BCUT2D eigenvalue weighted by molar-refractivity contribution is -0.166. The number of allylic oxidation sites excluding steroid dienone is 8. The second kappa shape index (κ2) is 44.1. The molecule has 0 aromatic carbocycles. The minimum atomic E-state index is -0.803. The van der Waals surface area contributed by atoms with Gasteiger partial charge in [-0.05, 0) is 64.2 Å². The lowest BCUT2D eigenvalue weighted by Crippen LogP contribution is -2.30. The van der Waals surface area contributed by atoms with Crippen molar-refractivity contribution >= 4 is 17.9 Å². The number of esters is 3. The molecule has 0 radical (unpaired) electrons. The summed E-state index contributed by atoms with van der Waals surface area (Å²) >= 11 is 0. The van der Waals surface area contributed by atoms with E-state index in [0.717, 1.165) is 57.8 Å². The molecular weight excluding hydrogens is 685 g/mol. The van der Waals surface area contributed by atoms with E-state index in [-0.39, 0.29) is 37.5 Å². The Hall–Kier alpha value is -2.63. The molecule has 0 aromatic heterocycles. The summed E-state index contributed by atoms with van der Waals surface area (Å²) in [4.78, 5) is 37.7. The van der Waals surface area contributed by atoms with Gasteiger partial charge in [0.15, 0.2) is 6.10 Å². The Morgan fingerprint density at radius 2 is 0.745 bits per heavy atom. The van der Waals surface area contributed by atoms with Gasteiger partial charge in [-0.2, -0.15) is 0 Å². The highest BCUT2D eigenvalue weighted by Gasteiger charge is 2.19. The van der Waals surface area contributed by atoms with Gasteiger partial charge in [-0.25, -0.2) is 0 Å². The van der Waals surface area contributed by atoms with Crippen LogP contribution in [-0.2, 0) is 28.6 Å². The van der Waals surface area contributed by atoms with E-state index in [4.69, 9.17) is 14.2 Å². The number of hydrogen-bond donors (Lipinski definition) is 0. The molecule has 1 atom stereocenters. The molecule has 0 heterocycles. The van der Waals surface area contributed by atoms with Gasteiger partial charge in [0.2, 0.25) is 0 Å². The summed E-state index contributed by atoms with van der Waals surface area (Å²) in [5.74, 6) is -0.982. The zero-order valence-electron chi connectivity index (χ0n) is 36.2. The molecule has 0 N–H and O–H groups in total. The zero-order chi connectivity index (χ0) is 40.1. The molecule has 0 saturated carbocycles. The third kappa shape index (κ3) is 42.4. The van der Waals surface area contributed by atoms with Gasteiger partial charge in [-0.3, -0.25) is 14.4 Å². The molecule has 1 unspecified atom stereocenters. The molecule has 0 rings (SSSR count). The van der Waals surface area contributed by atoms with E-state index in [1.165, 1.54) is 122 Å². The molecule has 318 valence electrons. The second-order valence-electron chi connectivity index (χ2n) is 15.3. The van der Waals surface area contributed by atoms with Crippen LogP contribution in [0.5, 0.6) is 0 Å². The van der Waals surface area contributed by atoms with Crippen molar-refractivity contribution < 1.29 is 28.6 Å². The molecule has 0 aromatic rings. The van der Waals surface area contributed by atoms with Crippen LogP contribution in [0.2, 0.25) is 0 Å². The normalized spacial score (nSPS) is 12.4. The first kappa shape index (κ1) is 52.4. The van der Waals surface area contributed by atoms with E-state index in [1.54, 1.807) is 0 Å². The maximum absolute atomic E-state index is 12.7. The first-order valence-corrected chi connectivity index (χ1v) is 23.2. The van der Waals surface area contributed by atoms with Gasteiger partial charge < -0.3 is 14.2 Å². The van der Waals surface area contributed by atoms with Crippen molar-refractivity contribution in [3.8, 4) is 0 Å². The first-order chi connectivity index (χ1) is 27.0. The number of rotatable bonds is 41. The van der Waals surface area contributed by atoms with Crippen molar-refractivity contribution in [3.05, 3.63) is 48.6 Å². The van der Waals surface area contributed by atoms with Gasteiger partial charge in [0, 0.05) is 19.3 Å². The molecule has 0 bridgehead atoms. The molecule has 0 aliphatic heterocycles. The highest BCUT2D eigenvalue weighted by Crippen LogP contribution is 2.13. The molecule has 0 amide bonds. The third-order valence-electron chi connectivity index (χ3n) is 9.85. The molecular formula is C49H86O6. The summed E-state index contributed by atoms with van der Waals surface area (Å²) < 4.78 is 16.6. The molecule has 6 heteroatoms. The summed E-state index contributed by atoms with van der Waals surface area (Å²) in [6.45, 7) is 6.51. The summed E-state index contributed by atoms with van der Waals surface area (Å²) in [6, 6.07) is 0. The van der Waals surface area contributed by atoms with Gasteiger partial charge in [-0.15, -0.1) is 0 Å². The van der Waals surface area contributed by atoms with Crippen molar-refractivity contribution in [1.29, 1.82) is 0 Å². The molecule has 0 aliphatic carbocycles. The Kier molecular flexibility index (Phi) is 42.0. The molecule has 6 nitrogen and oxygen atoms in total. The van der Waals surface area contributed by atoms with E-state index in [1.807, 2.05) is 6.08 Å². The fourth-order valence-electron chi connectivity index (χ4n) is 6.31. The average Bonchev–Trinajstić information content (AvgIpc) is 3.18. The number of carbonyl (C=O) groups is 3. The SMILES string of the molecule is CCCCC/C=C\C=C/CCCCCCCCC(=O)OCC(COC(=O)CCCCCCCCCCC)OC(=O)CC/C=C\C/C=C\CCCCCCCC. The van der Waals surface area contributed by atoms with Gasteiger partial charge in [0.25, 0.3) is 0 Å². The highest BCUT2D eigenvalue weighted by atomic mass is 16.6. The van der Waals surface area contributed by atoms with E-state index in [2.05, 4.69) is 63.3 Å². The average molecular weight is 771 g/mol. The maximum Gasteiger partial charge on any atom is 0.306 e. The van der Waals surface area contributed by atoms with E-state index >= 15 is 0 Å². The van der Waals surface area contributed by atoms with Crippen molar-refractivity contribution in [1.82, 2.24) is 0 Å². The summed E-state index contributed by atoms with van der Waals surface area (Å²) in [5, 5.41) is 0. The quantitative estimate of drug-likeness (QED) is 0.0202. The standard InChI is InChI=1S/C49H86O6/c1-4-7-10-13-16-19-21-23-24-26-27-30-33-36-39-42-48(51)54-45-46(44-53-47(50)41-38-35-32-29-18-15-12-9-6-3)55-49(52)43-40-37-34-31-28-25-22-20-17-14-11-8-5-2/h16,19,21,23,25,28,34,37,46H,4-15,17-18,20,22,24,26-27,29-33,35-36,38-45H2,1-3H3/b19-16-,23-21-,28-25-,37-34-. The summed E-state index contributed by atoms with van der Waals surface area (Å²) in [7, 11) is 0. The van der Waals surface area contributed by atoms with Crippen LogP contribution >= 0.6 is 0 Å². The minimum absolute atomic E-state index is 0.0983. The number of carbonyl (C=O) groups excluding carboxylic acids is 3. The first-order valence-electron chi connectivity index (χ1n) is 23.2. The predicted octanol–water partition coefficient (Wildman–Crippen LogP) is 14.8. The fraction of sp³-hybridized carbons (Fsp3) is 0.776. The van der Waals surface area contributed by atoms with Crippen molar-refractivity contribution in [2.45, 2.75) is 232 Å². The maximum atomic E-state index is 12.7. The van der Waals surface area contributed by atoms with E-state index in [0.29, 0.717) is 19.3 Å². The van der Waals surface area contributed by atoms with Crippen LogP contribution in [0.25, 0.3) is 0 Å². The monoisotopic (exact) mass is 771 g/mol. The van der Waals surface area contributed by atoms with Gasteiger partial charge in [0.05, 0.1) is 0 Å². The largest absolute Gasteiger partial charge is 0.462 e. The molecule has 0 spiro atoms. The minimum Gasteiger partial charge on any atom is -0.462 e. The van der Waals surface area contributed by atoms with Crippen LogP contribution in [-0.4, -0.2) is 37.2 Å². The van der Waals surface area contributed by atoms with Gasteiger partial charge >= 0.3 is 17.9 Å². The lowest BCUT2D eigenvalue weighted by Gasteiger charge is -2.18. The Morgan fingerprint density at radius 3 is 1.22 bits per heavy atom. The zero-order valence-corrected chi connectivity index (χ0v) is 36.2. The fourth-order valence-corrected chi connectivity index (χ4v) is 6.31. The van der Waals surface area contributed by atoms with Crippen molar-refractivity contribution in [2.75, 3.05) is 13.2 Å². The van der Waals surface area contributed by atoms with Gasteiger partial charge in [-0.1, -0.05) is 191 Å². The van der Waals surface area contributed by atoms with E-state index < -0.39 is 6.10 Å². The Labute approximate surface area is 339 Å². The highest BCUT2D eigenvalue weighted by molar-refractivity contribution is 5.71. The van der Waals surface area contributed by atoms with E-state index in [9.17, 15) is 14.4 Å². The Bertz CT molecular complexity index is 980. The Balaban J connectivity index is 4.44. The van der Waals surface area contributed by atoms with Crippen LogP contribution in [0, 0.1) is 0 Å². The number of hydrogen-bond acceptors (Lipinski definition) is 6. The van der Waals surface area contributed by atoms with Crippen molar-refractivity contribution in [3.63, 3.8) is 0 Å². The van der Waals surface area contributed by atoms with Crippen LogP contribution in [0.1, 0.15) is 226 Å². The van der Waals surface area contributed by atoms with Gasteiger partial charge in [0.1, 0.15) is 13.2 Å². The predicted molar refractivity (Wildman–Crippen MR) is 233 cm³/mol. The third-order valence-corrected chi connectivity index (χ3v) is 9.85. The number of unbranched alkanes of at least 4 members (excludes halogenated alkanes) is 23. The smallest absolute Gasteiger partial charge is 0.306 e. The Morgan fingerprint density at radius 1 is 0.382 bits per heavy atom. The number of ether oxygens (including phenoxy) is 3. The topological polar surface area (TPSA) is 78.9 Å². The molecule has 0 saturated heterocycles.